The Morgan fingerprint density at radius 1 is 1.05 bits per heavy atom. The van der Waals surface area contributed by atoms with E-state index in [1.807, 2.05) is 24.5 Å². The molecule has 1 fully saturated rings. The second kappa shape index (κ2) is 10.3. The first kappa shape index (κ1) is 25.3. The second-order valence-corrected chi connectivity index (χ2v) is 11.3. The average molecular weight is 520 g/mol. The predicted molar refractivity (Wildman–Crippen MR) is 155 cm³/mol. The summed E-state index contributed by atoms with van der Waals surface area (Å²) in [4.78, 5) is 6.89. The zero-order valence-corrected chi connectivity index (χ0v) is 22.9. The maximum atomic E-state index is 14.2. The maximum absolute atomic E-state index is 14.2. The van der Waals surface area contributed by atoms with E-state index in [0.29, 0.717) is 17.5 Å². The molecule has 6 heteroatoms. The number of nitriles is 1. The molecule has 0 amide bonds. The highest BCUT2D eigenvalue weighted by Crippen LogP contribution is 2.37. The highest BCUT2D eigenvalue weighted by atomic mass is 19.1. The molecule has 5 nitrogen and oxygen atoms in total. The van der Waals surface area contributed by atoms with Gasteiger partial charge in [0.15, 0.2) is 0 Å². The highest BCUT2D eigenvalue weighted by molar-refractivity contribution is 5.86. The molecule has 2 aromatic carbocycles. The molecule has 1 saturated heterocycles. The van der Waals surface area contributed by atoms with Gasteiger partial charge >= 0.3 is 0 Å². The first-order valence-electron chi connectivity index (χ1n) is 13.9. The molecule has 198 valence electrons. The van der Waals surface area contributed by atoms with E-state index in [2.05, 4.69) is 76.3 Å². The smallest absolute Gasteiger partial charge is 0.123 e. The summed E-state index contributed by atoms with van der Waals surface area (Å²) >= 11 is 0. The lowest BCUT2D eigenvalue weighted by molar-refractivity contribution is 0.172. The van der Waals surface area contributed by atoms with Crippen LogP contribution in [0.25, 0.3) is 27.5 Å². The van der Waals surface area contributed by atoms with Gasteiger partial charge in [0.25, 0.3) is 0 Å². The van der Waals surface area contributed by atoms with Crippen molar-refractivity contribution in [2.75, 3.05) is 13.1 Å². The summed E-state index contributed by atoms with van der Waals surface area (Å²) in [5.74, 6) is 0.666. The molecule has 0 unspecified atom stereocenters. The second-order valence-electron chi connectivity index (χ2n) is 11.3. The number of benzene rings is 2. The van der Waals surface area contributed by atoms with Crippen molar-refractivity contribution in [3.05, 3.63) is 95.3 Å². The van der Waals surface area contributed by atoms with E-state index in [0.717, 1.165) is 66.7 Å². The summed E-state index contributed by atoms with van der Waals surface area (Å²) in [5.41, 5.74) is 7.51. The number of nitrogens with zero attached hydrogens (tertiary/aromatic N) is 5. The molecule has 1 aliphatic heterocycles. The Hall–Kier alpha value is -3.95. The molecule has 39 heavy (non-hydrogen) atoms. The maximum Gasteiger partial charge on any atom is 0.123 e. The first-order valence-corrected chi connectivity index (χ1v) is 13.9. The standard InChI is InChI=1S/C33H34FN5/c1-22(2)15-25-16-26(34)7-8-31(25)38-20-30(28-9-12-36-19-33(28)38)24-10-13-37(14-11-24)21-39-27(18-35)17-29-23(3)5-4-6-32(29)39/h4-9,12,16-17,19-20,22,24H,10-11,13-15,21H2,1-3H3. The normalized spacial score (nSPS) is 15.0. The summed E-state index contributed by atoms with van der Waals surface area (Å²) in [5, 5.41) is 12.2. The van der Waals surface area contributed by atoms with E-state index in [9.17, 15) is 9.65 Å². The van der Waals surface area contributed by atoms with Crippen molar-refractivity contribution >= 4 is 21.8 Å². The van der Waals surface area contributed by atoms with Gasteiger partial charge in [0.05, 0.1) is 23.9 Å². The molecule has 6 rings (SSSR count). The Labute approximate surface area is 229 Å². The minimum atomic E-state index is -0.193. The van der Waals surface area contributed by atoms with Gasteiger partial charge in [-0.2, -0.15) is 5.26 Å². The van der Waals surface area contributed by atoms with Crippen molar-refractivity contribution in [1.82, 2.24) is 19.0 Å². The summed E-state index contributed by atoms with van der Waals surface area (Å²) in [6.45, 7) is 9.09. The summed E-state index contributed by atoms with van der Waals surface area (Å²) in [6.07, 6.45) is 8.97. The van der Waals surface area contributed by atoms with Crippen molar-refractivity contribution in [1.29, 1.82) is 5.26 Å². The van der Waals surface area contributed by atoms with Crippen LogP contribution < -0.4 is 0 Å². The molecular formula is C33H34FN5. The molecular weight excluding hydrogens is 485 g/mol. The molecule has 1 aliphatic rings. The number of aromatic nitrogens is 3. The number of rotatable bonds is 6. The van der Waals surface area contributed by atoms with Gasteiger partial charge in [0.1, 0.15) is 17.6 Å². The SMILES string of the molecule is Cc1cccc2c1cc(C#N)n2CN1CCC(c2cn(-c3ccc(F)cc3CC(C)C)c3cnccc23)CC1. The predicted octanol–water partition coefficient (Wildman–Crippen LogP) is 7.34. The van der Waals surface area contributed by atoms with Gasteiger partial charge in [-0.15, -0.1) is 0 Å². The molecule has 5 aromatic rings. The Bertz CT molecular complexity index is 1690. The lowest BCUT2D eigenvalue weighted by Gasteiger charge is -2.32. The van der Waals surface area contributed by atoms with Crippen molar-refractivity contribution in [3.63, 3.8) is 0 Å². The van der Waals surface area contributed by atoms with E-state index in [1.54, 1.807) is 12.1 Å². The van der Waals surface area contributed by atoms with Gasteiger partial charge in [-0.3, -0.25) is 9.88 Å². The molecule has 0 radical (unpaired) electrons. The fourth-order valence-electron chi connectivity index (χ4n) is 6.28. The van der Waals surface area contributed by atoms with E-state index in [1.165, 1.54) is 16.5 Å². The van der Waals surface area contributed by atoms with Crippen LogP contribution in [0.1, 0.15) is 55.0 Å². The number of pyridine rings is 1. The van der Waals surface area contributed by atoms with Gasteiger partial charge in [-0.05, 0) is 91.1 Å². The Balaban J connectivity index is 1.27. The number of likely N-dealkylation sites (tertiary alicyclic amines) is 1. The summed E-state index contributed by atoms with van der Waals surface area (Å²) in [6, 6.07) is 18.0. The van der Waals surface area contributed by atoms with Crippen molar-refractivity contribution in [2.24, 2.45) is 5.92 Å². The molecule has 0 atom stereocenters. The third-order valence-electron chi connectivity index (χ3n) is 8.22. The quantitative estimate of drug-likeness (QED) is 0.236. The topological polar surface area (TPSA) is 49.8 Å². The summed E-state index contributed by atoms with van der Waals surface area (Å²) < 4.78 is 18.6. The third kappa shape index (κ3) is 4.72. The zero-order valence-electron chi connectivity index (χ0n) is 22.9. The monoisotopic (exact) mass is 519 g/mol. The van der Waals surface area contributed by atoms with Crippen molar-refractivity contribution in [3.8, 4) is 11.8 Å². The van der Waals surface area contributed by atoms with E-state index in [4.69, 9.17) is 0 Å². The molecule has 3 aromatic heterocycles. The number of piperidine rings is 1. The van der Waals surface area contributed by atoms with Crippen LogP contribution in [0.15, 0.2) is 67.1 Å². The van der Waals surface area contributed by atoms with E-state index >= 15 is 0 Å². The first-order chi connectivity index (χ1) is 18.9. The molecule has 0 saturated carbocycles. The van der Waals surface area contributed by atoms with Crippen LogP contribution >= 0.6 is 0 Å². The average Bonchev–Trinajstić information content (AvgIpc) is 3.49. The summed E-state index contributed by atoms with van der Waals surface area (Å²) in [7, 11) is 0. The number of fused-ring (bicyclic) bond motifs is 2. The minimum absolute atomic E-state index is 0.193. The van der Waals surface area contributed by atoms with Crippen LogP contribution in [0.5, 0.6) is 0 Å². The molecule has 0 spiro atoms. The molecule has 0 bridgehead atoms. The lowest BCUT2D eigenvalue weighted by atomic mass is 9.89. The van der Waals surface area contributed by atoms with Crippen LogP contribution in [-0.2, 0) is 13.1 Å². The number of halogens is 1. The third-order valence-corrected chi connectivity index (χ3v) is 8.22. The molecule has 0 aliphatic carbocycles. The van der Waals surface area contributed by atoms with Crippen LogP contribution in [-0.4, -0.2) is 32.1 Å². The molecule has 0 N–H and O–H groups in total. The lowest BCUT2D eigenvalue weighted by Crippen LogP contribution is -2.34. The minimum Gasteiger partial charge on any atom is -0.319 e. The fraction of sp³-hybridized carbons (Fsp3) is 0.333. The van der Waals surface area contributed by atoms with Gasteiger partial charge in [0.2, 0.25) is 0 Å². The van der Waals surface area contributed by atoms with Crippen LogP contribution in [0.4, 0.5) is 4.39 Å². The van der Waals surface area contributed by atoms with Gasteiger partial charge in [-0.25, -0.2) is 4.39 Å². The Morgan fingerprint density at radius 2 is 1.87 bits per heavy atom. The Kier molecular flexibility index (Phi) is 6.70. The Morgan fingerprint density at radius 3 is 2.64 bits per heavy atom. The van der Waals surface area contributed by atoms with E-state index < -0.39 is 0 Å². The van der Waals surface area contributed by atoms with Crippen LogP contribution in [0.3, 0.4) is 0 Å². The van der Waals surface area contributed by atoms with Crippen LogP contribution in [0, 0.1) is 30.0 Å². The van der Waals surface area contributed by atoms with Crippen molar-refractivity contribution < 1.29 is 4.39 Å². The largest absolute Gasteiger partial charge is 0.319 e. The van der Waals surface area contributed by atoms with Gasteiger partial charge in [0, 0.05) is 41.9 Å². The van der Waals surface area contributed by atoms with Crippen LogP contribution in [0.2, 0.25) is 0 Å². The fourth-order valence-corrected chi connectivity index (χ4v) is 6.28. The zero-order chi connectivity index (χ0) is 27.1. The van der Waals surface area contributed by atoms with Crippen molar-refractivity contribution in [2.45, 2.75) is 52.6 Å². The number of aryl methyl sites for hydroxylation is 1. The number of hydrogen-bond acceptors (Lipinski definition) is 3. The highest BCUT2D eigenvalue weighted by Gasteiger charge is 2.25. The van der Waals surface area contributed by atoms with E-state index in [-0.39, 0.29) is 5.82 Å². The van der Waals surface area contributed by atoms with Gasteiger partial charge < -0.3 is 9.13 Å². The van der Waals surface area contributed by atoms with Gasteiger partial charge in [-0.1, -0.05) is 26.0 Å². The molecule has 4 heterocycles. The number of hydrogen-bond donors (Lipinski definition) is 0.